The summed E-state index contributed by atoms with van der Waals surface area (Å²) in [6, 6.07) is 0.477. The van der Waals surface area contributed by atoms with Gasteiger partial charge in [0.25, 0.3) is 0 Å². The molecule has 0 aromatic carbocycles. The predicted molar refractivity (Wildman–Crippen MR) is 43.8 cm³/mol. The average Bonchev–Trinajstić information content (AvgIpc) is 1.94. The molecule has 0 saturated carbocycles. The Balaban J connectivity index is 2.53. The normalized spacial score (nSPS) is 41.3. The molecule has 3 N–H and O–H groups in total. The molecular formula is C8H16N2. The van der Waals surface area contributed by atoms with Crippen molar-refractivity contribution in [3.8, 4) is 0 Å². The molecule has 58 valence electrons. The van der Waals surface area contributed by atoms with Crippen LogP contribution in [0.1, 0.15) is 20.3 Å². The van der Waals surface area contributed by atoms with E-state index in [1.54, 1.807) is 0 Å². The number of nitrogens with two attached hydrogens (primary N) is 1. The molecule has 0 saturated heterocycles. The van der Waals surface area contributed by atoms with Crippen LogP contribution >= 0.6 is 0 Å². The minimum absolute atomic E-state index is 0.0543. The number of rotatable bonds is 0. The molecule has 1 aliphatic rings. The Kier molecular flexibility index (Phi) is 2.11. The van der Waals surface area contributed by atoms with Gasteiger partial charge in [-0.25, -0.2) is 0 Å². The van der Waals surface area contributed by atoms with Crippen molar-refractivity contribution in [3.63, 3.8) is 0 Å². The van der Waals surface area contributed by atoms with Crippen LogP contribution in [0.4, 0.5) is 0 Å². The Labute approximate surface area is 62.5 Å². The molecule has 0 bridgehead atoms. The molecule has 0 aliphatic carbocycles. The van der Waals surface area contributed by atoms with Gasteiger partial charge in [0.2, 0.25) is 0 Å². The predicted octanol–water partition coefficient (Wildman–Crippen LogP) is 0.642. The highest BCUT2D eigenvalue weighted by molar-refractivity contribution is 5.01. The molecule has 10 heavy (non-hydrogen) atoms. The fraction of sp³-hybridized carbons (Fsp3) is 0.750. The molecule has 0 unspecified atom stereocenters. The number of nitrogens with one attached hydrogen (secondary N) is 1. The Hall–Kier alpha value is -0.340. The van der Waals surface area contributed by atoms with Crippen molar-refractivity contribution >= 4 is 0 Å². The van der Waals surface area contributed by atoms with Gasteiger partial charge < -0.3 is 11.1 Å². The summed E-state index contributed by atoms with van der Waals surface area (Å²) in [7, 11) is 0. The third-order valence-electron chi connectivity index (χ3n) is 1.84. The van der Waals surface area contributed by atoms with Crippen LogP contribution in [0.5, 0.6) is 0 Å². The molecule has 0 radical (unpaired) electrons. The molecule has 1 heterocycles. The number of hydrogen-bond donors (Lipinski definition) is 2. The van der Waals surface area contributed by atoms with Gasteiger partial charge in [-0.2, -0.15) is 0 Å². The first-order chi connectivity index (χ1) is 4.60. The third-order valence-corrected chi connectivity index (χ3v) is 1.84. The van der Waals surface area contributed by atoms with Crippen LogP contribution in [0.15, 0.2) is 12.2 Å². The fourth-order valence-electron chi connectivity index (χ4n) is 1.08. The summed E-state index contributed by atoms with van der Waals surface area (Å²) >= 11 is 0. The largest absolute Gasteiger partial charge is 0.324 e. The van der Waals surface area contributed by atoms with E-state index < -0.39 is 0 Å². The van der Waals surface area contributed by atoms with E-state index in [-0.39, 0.29) is 5.54 Å². The molecule has 2 nitrogen and oxygen atoms in total. The van der Waals surface area contributed by atoms with Crippen LogP contribution in [-0.2, 0) is 0 Å². The first-order valence-electron chi connectivity index (χ1n) is 3.79. The van der Waals surface area contributed by atoms with Crippen molar-refractivity contribution in [3.05, 3.63) is 12.2 Å². The number of hydrogen-bond acceptors (Lipinski definition) is 2. The molecule has 2 atom stereocenters. The summed E-state index contributed by atoms with van der Waals surface area (Å²) in [6.07, 6.45) is 5.30. The Morgan fingerprint density at radius 3 is 3.10 bits per heavy atom. The molecule has 0 spiro atoms. The molecule has 0 fully saturated rings. The van der Waals surface area contributed by atoms with Gasteiger partial charge in [0.15, 0.2) is 0 Å². The summed E-state index contributed by atoms with van der Waals surface area (Å²) in [5.74, 6) is 0. The minimum atomic E-state index is -0.0543. The van der Waals surface area contributed by atoms with Crippen molar-refractivity contribution in [2.75, 3.05) is 6.54 Å². The summed E-state index contributed by atoms with van der Waals surface area (Å²) < 4.78 is 0. The van der Waals surface area contributed by atoms with Gasteiger partial charge in [-0.15, -0.1) is 0 Å². The maximum absolute atomic E-state index is 5.93. The monoisotopic (exact) mass is 140 g/mol. The van der Waals surface area contributed by atoms with Crippen LogP contribution in [0.25, 0.3) is 0 Å². The molecule has 1 aliphatic heterocycles. The van der Waals surface area contributed by atoms with Crippen LogP contribution < -0.4 is 11.1 Å². The van der Waals surface area contributed by atoms with E-state index in [9.17, 15) is 0 Å². The van der Waals surface area contributed by atoms with E-state index in [0.717, 1.165) is 13.0 Å². The van der Waals surface area contributed by atoms with Crippen molar-refractivity contribution in [1.82, 2.24) is 5.32 Å². The Bertz CT molecular complexity index is 138. The SMILES string of the molecule is C[C@H]1C=CC[C@](C)(N)CN1. The van der Waals surface area contributed by atoms with Crippen molar-refractivity contribution in [2.45, 2.75) is 31.8 Å². The zero-order valence-corrected chi connectivity index (χ0v) is 6.72. The highest BCUT2D eigenvalue weighted by Crippen LogP contribution is 2.08. The molecule has 0 aromatic rings. The maximum Gasteiger partial charge on any atom is 0.0287 e. The third kappa shape index (κ3) is 2.12. The molecular weight excluding hydrogens is 124 g/mol. The van der Waals surface area contributed by atoms with Gasteiger partial charge >= 0.3 is 0 Å². The lowest BCUT2D eigenvalue weighted by atomic mass is 10.0. The smallest absolute Gasteiger partial charge is 0.0287 e. The summed E-state index contributed by atoms with van der Waals surface area (Å²) in [6.45, 7) is 5.11. The van der Waals surface area contributed by atoms with Gasteiger partial charge in [0.05, 0.1) is 0 Å². The van der Waals surface area contributed by atoms with E-state index in [2.05, 4.69) is 31.3 Å². The fourth-order valence-corrected chi connectivity index (χ4v) is 1.08. The zero-order chi connectivity index (χ0) is 7.61. The molecule has 0 aromatic heterocycles. The Morgan fingerprint density at radius 1 is 1.70 bits per heavy atom. The van der Waals surface area contributed by atoms with E-state index in [1.807, 2.05) is 0 Å². The van der Waals surface area contributed by atoms with E-state index in [1.165, 1.54) is 0 Å². The highest BCUT2D eigenvalue weighted by Gasteiger charge is 2.18. The second-order valence-corrected chi connectivity index (χ2v) is 3.46. The lowest BCUT2D eigenvalue weighted by Gasteiger charge is -2.22. The second-order valence-electron chi connectivity index (χ2n) is 3.46. The first kappa shape index (κ1) is 7.76. The van der Waals surface area contributed by atoms with Gasteiger partial charge in [-0.3, -0.25) is 0 Å². The highest BCUT2D eigenvalue weighted by atomic mass is 15.0. The van der Waals surface area contributed by atoms with Crippen molar-refractivity contribution in [2.24, 2.45) is 5.73 Å². The molecule has 0 amide bonds. The van der Waals surface area contributed by atoms with Gasteiger partial charge in [0.1, 0.15) is 0 Å². The van der Waals surface area contributed by atoms with Crippen LogP contribution in [-0.4, -0.2) is 18.1 Å². The Morgan fingerprint density at radius 2 is 2.40 bits per heavy atom. The van der Waals surface area contributed by atoms with E-state index in [0.29, 0.717) is 6.04 Å². The quantitative estimate of drug-likeness (QED) is 0.485. The minimum Gasteiger partial charge on any atom is -0.324 e. The van der Waals surface area contributed by atoms with Gasteiger partial charge in [-0.1, -0.05) is 12.2 Å². The lowest BCUT2D eigenvalue weighted by molar-refractivity contribution is 0.435. The molecule has 2 heteroatoms. The van der Waals surface area contributed by atoms with Crippen molar-refractivity contribution < 1.29 is 0 Å². The standard InChI is InChI=1S/C8H16N2/c1-7-4-3-5-8(2,9)6-10-7/h3-4,7,10H,5-6,9H2,1-2H3/t7-,8-/m0/s1. The molecule has 1 rings (SSSR count). The van der Waals surface area contributed by atoms with Crippen LogP contribution in [0, 0.1) is 0 Å². The average molecular weight is 140 g/mol. The zero-order valence-electron chi connectivity index (χ0n) is 6.72. The topological polar surface area (TPSA) is 38.0 Å². The van der Waals surface area contributed by atoms with Crippen LogP contribution in [0.3, 0.4) is 0 Å². The maximum atomic E-state index is 5.93. The van der Waals surface area contributed by atoms with E-state index in [4.69, 9.17) is 5.73 Å². The summed E-state index contributed by atoms with van der Waals surface area (Å²) in [5.41, 5.74) is 5.87. The lowest BCUT2D eigenvalue weighted by Crippen LogP contribution is -2.46. The van der Waals surface area contributed by atoms with Gasteiger partial charge in [-0.05, 0) is 20.3 Å². The summed E-state index contributed by atoms with van der Waals surface area (Å²) in [5, 5.41) is 3.32. The van der Waals surface area contributed by atoms with Gasteiger partial charge in [0, 0.05) is 18.1 Å². The second kappa shape index (κ2) is 2.72. The van der Waals surface area contributed by atoms with E-state index >= 15 is 0 Å². The summed E-state index contributed by atoms with van der Waals surface area (Å²) in [4.78, 5) is 0. The van der Waals surface area contributed by atoms with Crippen LogP contribution in [0.2, 0.25) is 0 Å². The first-order valence-corrected chi connectivity index (χ1v) is 3.79. The van der Waals surface area contributed by atoms with Crippen molar-refractivity contribution in [1.29, 1.82) is 0 Å².